The number of nitrogens with two attached hydrogens (primary N) is 1. The summed E-state index contributed by atoms with van der Waals surface area (Å²) in [5, 5.41) is 14.8. The van der Waals surface area contributed by atoms with Gasteiger partial charge in [0.25, 0.3) is 0 Å². The van der Waals surface area contributed by atoms with Gasteiger partial charge in [-0.1, -0.05) is 62.4 Å². The number of aliphatic hydroxyl groups excluding tert-OH is 1. The minimum Gasteiger partial charge on any atom is -0.382 e. The highest BCUT2D eigenvalue weighted by Crippen LogP contribution is 2.27. The summed E-state index contributed by atoms with van der Waals surface area (Å²) in [6, 6.07) is 12.1. The Morgan fingerprint density at radius 3 is 2.42 bits per heavy atom. The van der Waals surface area contributed by atoms with Crippen molar-refractivity contribution >= 4 is 39.1 Å². The van der Waals surface area contributed by atoms with Crippen LogP contribution in [0.2, 0.25) is 0 Å². The van der Waals surface area contributed by atoms with E-state index in [0.717, 1.165) is 23.6 Å². The van der Waals surface area contributed by atoms with Crippen molar-refractivity contribution in [3.63, 3.8) is 0 Å². The van der Waals surface area contributed by atoms with E-state index in [2.05, 4.69) is 10.0 Å². The second-order valence-corrected chi connectivity index (χ2v) is 10.5. The molecule has 2 aromatic rings. The number of halogens is 1. The molecular weight excluding hydrogens is 462 g/mol. The first-order chi connectivity index (χ1) is 15.4. The Hall–Kier alpha value is -1.71. The molecule has 33 heavy (non-hydrogen) atoms. The molecule has 1 aliphatic carbocycles. The van der Waals surface area contributed by atoms with Gasteiger partial charge in [0.1, 0.15) is 6.10 Å². The van der Waals surface area contributed by atoms with E-state index in [-0.39, 0.29) is 23.8 Å². The summed E-state index contributed by atoms with van der Waals surface area (Å²) in [5.41, 5.74) is 6.05. The van der Waals surface area contributed by atoms with Crippen LogP contribution in [-0.4, -0.2) is 44.7 Å². The molecule has 0 radical (unpaired) electrons. The highest BCUT2D eigenvalue weighted by Gasteiger charge is 2.26. The van der Waals surface area contributed by atoms with E-state index >= 15 is 0 Å². The van der Waals surface area contributed by atoms with Crippen LogP contribution in [0.1, 0.15) is 51.4 Å². The molecule has 1 aliphatic rings. The number of rotatable bonds is 11. The summed E-state index contributed by atoms with van der Waals surface area (Å²) >= 11 is 0. The molecule has 0 saturated heterocycles. The molecule has 5 N–H and O–H groups in total. The zero-order valence-electron chi connectivity index (χ0n) is 18.9. The molecule has 9 heteroatoms. The van der Waals surface area contributed by atoms with E-state index in [9.17, 15) is 18.3 Å². The fourth-order valence-corrected chi connectivity index (χ4v) is 5.43. The number of aliphatic hydroxyl groups is 1. The van der Waals surface area contributed by atoms with E-state index in [1.807, 2.05) is 24.3 Å². The van der Waals surface area contributed by atoms with E-state index in [1.165, 1.54) is 19.3 Å². The van der Waals surface area contributed by atoms with Gasteiger partial charge < -0.3 is 16.2 Å². The molecule has 7 nitrogen and oxygen atoms in total. The Balaban J connectivity index is 0.00000385. The summed E-state index contributed by atoms with van der Waals surface area (Å²) in [6.45, 7) is 0.637. The van der Waals surface area contributed by atoms with Crippen molar-refractivity contribution < 1.29 is 18.3 Å². The highest BCUT2D eigenvalue weighted by molar-refractivity contribution is 7.89. The highest BCUT2D eigenvalue weighted by atomic mass is 35.5. The average Bonchev–Trinajstić information content (AvgIpc) is 2.80. The van der Waals surface area contributed by atoms with Crippen molar-refractivity contribution in [1.29, 1.82) is 0 Å². The molecule has 2 atom stereocenters. The van der Waals surface area contributed by atoms with Crippen molar-refractivity contribution in [2.24, 2.45) is 11.7 Å². The fourth-order valence-electron chi connectivity index (χ4n) is 4.32. The number of hydrogen-bond acceptors (Lipinski definition) is 5. The SMILES string of the molecule is Cl.N[C@H](CC1CCCCC1)C(O)C(=O)NCCCCNS(=O)(=O)c1ccc2ccccc2c1. The molecule has 0 spiro atoms. The first kappa shape index (κ1) is 27.5. The molecule has 1 amide bonds. The smallest absolute Gasteiger partial charge is 0.250 e. The van der Waals surface area contributed by atoms with Gasteiger partial charge in [-0.3, -0.25) is 4.79 Å². The van der Waals surface area contributed by atoms with Crippen LogP contribution in [0.25, 0.3) is 10.8 Å². The van der Waals surface area contributed by atoms with Crippen LogP contribution in [0, 0.1) is 5.92 Å². The number of fused-ring (bicyclic) bond motifs is 1. The maximum absolute atomic E-state index is 12.5. The normalized spacial score (nSPS) is 16.7. The third-order valence-electron chi connectivity index (χ3n) is 6.23. The maximum Gasteiger partial charge on any atom is 0.250 e. The van der Waals surface area contributed by atoms with Crippen LogP contribution in [0.5, 0.6) is 0 Å². The van der Waals surface area contributed by atoms with E-state index in [0.29, 0.717) is 31.7 Å². The minimum absolute atomic E-state index is 0. The van der Waals surface area contributed by atoms with Crippen LogP contribution >= 0.6 is 12.4 Å². The quantitative estimate of drug-likeness (QED) is 0.355. The summed E-state index contributed by atoms with van der Waals surface area (Å²) < 4.78 is 27.6. The fraction of sp³-hybridized carbons (Fsp3) is 0.542. The van der Waals surface area contributed by atoms with Crippen molar-refractivity contribution in [2.75, 3.05) is 13.1 Å². The Morgan fingerprint density at radius 1 is 1.03 bits per heavy atom. The number of sulfonamides is 1. The number of amides is 1. The minimum atomic E-state index is -3.59. The zero-order chi connectivity index (χ0) is 23.0. The summed E-state index contributed by atoms with van der Waals surface area (Å²) in [5.74, 6) is 0.0434. The Labute approximate surface area is 203 Å². The van der Waals surface area contributed by atoms with Crippen LogP contribution in [-0.2, 0) is 14.8 Å². The lowest BCUT2D eigenvalue weighted by Crippen LogP contribution is -2.47. The lowest BCUT2D eigenvalue weighted by Gasteiger charge is -2.26. The maximum atomic E-state index is 12.5. The van der Waals surface area contributed by atoms with Gasteiger partial charge in [-0.05, 0) is 48.1 Å². The lowest BCUT2D eigenvalue weighted by atomic mass is 9.84. The van der Waals surface area contributed by atoms with Gasteiger partial charge in [-0.15, -0.1) is 12.4 Å². The Morgan fingerprint density at radius 2 is 1.70 bits per heavy atom. The predicted octanol–water partition coefficient (Wildman–Crippen LogP) is 3.09. The molecule has 184 valence electrons. The molecule has 0 heterocycles. The number of hydrogen-bond donors (Lipinski definition) is 4. The van der Waals surface area contributed by atoms with Gasteiger partial charge >= 0.3 is 0 Å². The van der Waals surface area contributed by atoms with E-state index in [1.54, 1.807) is 18.2 Å². The molecular formula is C24H36ClN3O4S. The van der Waals surface area contributed by atoms with Gasteiger partial charge in [0, 0.05) is 19.1 Å². The van der Waals surface area contributed by atoms with Gasteiger partial charge in [0.2, 0.25) is 15.9 Å². The van der Waals surface area contributed by atoms with Crippen LogP contribution < -0.4 is 15.8 Å². The van der Waals surface area contributed by atoms with Crippen molar-refractivity contribution in [2.45, 2.75) is 68.4 Å². The molecule has 1 fully saturated rings. The summed E-state index contributed by atoms with van der Waals surface area (Å²) in [4.78, 5) is 12.4. The topological polar surface area (TPSA) is 122 Å². The molecule has 0 aromatic heterocycles. The van der Waals surface area contributed by atoms with Gasteiger partial charge in [0.05, 0.1) is 4.90 Å². The molecule has 0 bridgehead atoms. The first-order valence-corrected chi connectivity index (χ1v) is 13.0. The van der Waals surface area contributed by atoms with Crippen LogP contribution in [0.4, 0.5) is 0 Å². The van der Waals surface area contributed by atoms with Crippen molar-refractivity contribution in [1.82, 2.24) is 10.0 Å². The summed E-state index contributed by atoms with van der Waals surface area (Å²) in [7, 11) is -3.59. The van der Waals surface area contributed by atoms with Gasteiger partial charge in [-0.2, -0.15) is 0 Å². The third-order valence-corrected chi connectivity index (χ3v) is 7.69. The van der Waals surface area contributed by atoms with Crippen LogP contribution in [0.15, 0.2) is 47.4 Å². The second-order valence-electron chi connectivity index (χ2n) is 8.75. The average molecular weight is 498 g/mol. The molecule has 1 saturated carbocycles. The Kier molecular flexibility index (Phi) is 11.1. The lowest BCUT2D eigenvalue weighted by molar-refractivity contribution is -0.130. The molecule has 0 aliphatic heterocycles. The molecule has 2 aromatic carbocycles. The zero-order valence-corrected chi connectivity index (χ0v) is 20.5. The van der Waals surface area contributed by atoms with Crippen LogP contribution in [0.3, 0.4) is 0 Å². The number of carbonyl (C=O) groups excluding carboxylic acids is 1. The second kappa shape index (κ2) is 13.2. The first-order valence-electron chi connectivity index (χ1n) is 11.6. The number of carbonyl (C=O) groups is 1. The van der Waals surface area contributed by atoms with Crippen molar-refractivity contribution in [3.05, 3.63) is 42.5 Å². The van der Waals surface area contributed by atoms with E-state index < -0.39 is 28.1 Å². The largest absolute Gasteiger partial charge is 0.382 e. The molecule has 1 unspecified atom stereocenters. The monoisotopic (exact) mass is 497 g/mol. The van der Waals surface area contributed by atoms with E-state index in [4.69, 9.17) is 5.73 Å². The standard InChI is InChI=1S/C24H35N3O4S.ClH/c25-22(16-18-8-2-1-3-9-18)23(28)24(29)26-14-6-7-15-27-32(30,31)21-13-12-19-10-4-5-11-20(19)17-21;/h4-5,10-13,17-18,22-23,27-28H,1-3,6-9,14-16,25H2,(H,26,29);1H/t22-,23?;/m1./s1. The van der Waals surface area contributed by atoms with Gasteiger partial charge in [-0.25, -0.2) is 13.1 Å². The number of benzene rings is 2. The van der Waals surface area contributed by atoms with Crippen molar-refractivity contribution in [3.8, 4) is 0 Å². The third kappa shape index (κ3) is 8.22. The number of nitrogens with one attached hydrogen (secondary N) is 2. The van der Waals surface area contributed by atoms with Gasteiger partial charge in [0.15, 0.2) is 0 Å². The Bertz CT molecular complexity index is 996. The molecule has 3 rings (SSSR count). The number of unbranched alkanes of at least 4 members (excludes halogenated alkanes) is 1. The summed E-state index contributed by atoms with van der Waals surface area (Å²) in [6.07, 6.45) is 6.53. The predicted molar refractivity (Wildman–Crippen MR) is 134 cm³/mol.